The Kier molecular flexibility index (Phi) is 5.38. The molecule has 0 bridgehead atoms. The number of benzene rings is 1. The summed E-state index contributed by atoms with van der Waals surface area (Å²) < 4.78 is 34.9. The Labute approximate surface area is 124 Å². The maximum absolute atomic E-state index is 12.1. The average Bonchev–Trinajstić information content (AvgIpc) is 2.91. The fourth-order valence-electron chi connectivity index (χ4n) is 2.76. The van der Waals surface area contributed by atoms with Crippen molar-refractivity contribution < 1.29 is 12.6 Å². The molecule has 1 fully saturated rings. The van der Waals surface area contributed by atoms with E-state index in [0.29, 0.717) is 5.75 Å². The second kappa shape index (κ2) is 6.85. The Balaban J connectivity index is 1.85. The number of hydrogen-bond acceptors (Lipinski definition) is 3. The molecular weight excluding hydrogens is 292 g/mol. The first kappa shape index (κ1) is 15.7. The van der Waals surface area contributed by atoms with Crippen LogP contribution in [0, 0.1) is 5.92 Å². The van der Waals surface area contributed by atoms with E-state index < -0.39 is 20.6 Å². The van der Waals surface area contributed by atoms with Crippen molar-refractivity contribution in [3.05, 3.63) is 24.3 Å². The van der Waals surface area contributed by atoms with Crippen LogP contribution in [0.1, 0.15) is 38.5 Å². The molecule has 1 aliphatic rings. The molecule has 112 valence electrons. The molecule has 1 aliphatic carbocycles. The highest BCUT2D eigenvalue weighted by Gasteiger charge is 2.15. The van der Waals surface area contributed by atoms with Crippen molar-refractivity contribution in [3.8, 4) is 0 Å². The van der Waals surface area contributed by atoms with Crippen molar-refractivity contribution in [2.75, 3.05) is 12.0 Å². The Bertz CT molecular complexity index is 555. The van der Waals surface area contributed by atoms with Crippen molar-refractivity contribution in [3.63, 3.8) is 0 Å². The molecule has 0 heterocycles. The zero-order chi connectivity index (χ0) is 14.6. The maximum atomic E-state index is 12.1. The van der Waals surface area contributed by atoms with Gasteiger partial charge in [-0.25, -0.2) is 8.42 Å². The summed E-state index contributed by atoms with van der Waals surface area (Å²) in [6.45, 7) is 0. The minimum absolute atomic E-state index is 0.282. The van der Waals surface area contributed by atoms with Crippen molar-refractivity contribution in [2.45, 2.75) is 48.3 Å². The Morgan fingerprint density at radius 2 is 1.75 bits per heavy atom. The van der Waals surface area contributed by atoms with Gasteiger partial charge < -0.3 is 0 Å². The molecule has 0 unspecified atom stereocenters. The molecule has 0 aromatic heterocycles. The first-order valence-corrected chi connectivity index (χ1v) is 10.4. The molecule has 0 radical (unpaired) electrons. The van der Waals surface area contributed by atoms with Crippen molar-refractivity contribution in [1.82, 2.24) is 0 Å². The molecule has 0 aliphatic heterocycles. The summed E-state index contributed by atoms with van der Waals surface area (Å²) >= 11 is 0. The fraction of sp³-hybridized carbons (Fsp3) is 0.600. The molecule has 5 heteroatoms. The van der Waals surface area contributed by atoms with E-state index >= 15 is 0 Å². The van der Waals surface area contributed by atoms with E-state index in [2.05, 4.69) is 0 Å². The largest absolute Gasteiger partial charge is 0.254 e. The highest BCUT2D eigenvalue weighted by molar-refractivity contribution is 7.90. The molecule has 20 heavy (non-hydrogen) atoms. The van der Waals surface area contributed by atoms with E-state index in [1.165, 1.54) is 38.4 Å². The zero-order valence-electron chi connectivity index (χ0n) is 11.9. The lowest BCUT2D eigenvalue weighted by atomic mass is 10.0. The summed E-state index contributed by atoms with van der Waals surface area (Å²) in [6, 6.07) is 6.42. The lowest BCUT2D eigenvalue weighted by Crippen LogP contribution is -2.02. The minimum Gasteiger partial charge on any atom is -0.254 e. The fourth-order valence-corrected chi connectivity index (χ4v) is 4.49. The summed E-state index contributed by atoms with van der Waals surface area (Å²) in [5, 5.41) is 0. The van der Waals surface area contributed by atoms with Crippen LogP contribution in [0.4, 0.5) is 0 Å². The van der Waals surface area contributed by atoms with Gasteiger partial charge in [0.25, 0.3) is 0 Å². The Morgan fingerprint density at radius 3 is 2.30 bits per heavy atom. The maximum Gasteiger partial charge on any atom is 0.175 e. The topological polar surface area (TPSA) is 51.2 Å². The van der Waals surface area contributed by atoms with Gasteiger partial charge in [0.15, 0.2) is 9.84 Å². The van der Waals surface area contributed by atoms with Gasteiger partial charge in [-0.05, 0) is 43.0 Å². The van der Waals surface area contributed by atoms with Crippen LogP contribution in [0.3, 0.4) is 0 Å². The normalized spacial score (nSPS) is 18.2. The van der Waals surface area contributed by atoms with Gasteiger partial charge in [-0.15, -0.1) is 0 Å². The van der Waals surface area contributed by atoms with Gasteiger partial charge in [0.2, 0.25) is 0 Å². The van der Waals surface area contributed by atoms with Crippen LogP contribution in [0.2, 0.25) is 0 Å². The molecule has 1 aromatic carbocycles. The van der Waals surface area contributed by atoms with Crippen molar-refractivity contribution >= 4 is 20.6 Å². The number of rotatable bonds is 6. The molecule has 0 N–H and O–H groups in total. The number of sulfone groups is 1. The van der Waals surface area contributed by atoms with Crippen LogP contribution in [-0.2, 0) is 20.6 Å². The highest BCUT2D eigenvalue weighted by atomic mass is 32.2. The average molecular weight is 314 g/mol. The third-order valence-electron chi connectivity index (χ3n) is 3.93. The van der Waals surface area contributed by atoms with Crippen LogP contribution >= 0.6 is 0 Å². The van der Waals surface area contributed by atoms with E-state index in [1.807, 2.05) is 0 Å². The van der Waals surface area contributed by atoms with Crippen LogP contribution in [0.25, 0.3) is 0 Å². The lowest BCUT2D eigenvalue weighted by molar-refractivity contribution is 0.497. The van der Waals surface area contributed by atoms with Crippen molar-refractivity contribution in [1.29, 1.82) is 0 Å². The van der Waals surface area contributed by atoms with Crippen LogP contribution in [-0.4, -0.2) is 24.6 Å². The van der Waals surface area contributed by atoms with Crippen molar-refractivity contribution in [2.24, 2.45) is 5.92 Å². The summed E-state index contributed by atoms with van der Waals surface area (Å²) in [7, 11) is -4.19. The third-order valence-corrected chi connectivity index (χ3v) is 6.52. The van der Waals surface area contributed by atoms with Gasteiger partial charge in [-0.2, -0.15) is 0 Å². The van der Waals surface area contributed by atoms with E-state index in [1.54, 1.807) is 24.3 Å². The molecule has 3 nitrogen and oxygen atoms in total. The molecule has 2 rings (SSSR count). The van der Waals surface area contributed by atoms with Crippen LogP contribution < -0.4 is 0 Å². The van der Waals surface area contributed by atoms with Crippen LogP contribution in [0.15, 0.2) is 34.1 Å². The van der Waals surface area contributed by atoms with E-state index in [-0.39, 0.29) is 4.90 Å². The zero-order valence-corrected chi connectivity index (χ0v) is 13.5. The molecule has 1 saturated carbocycles. The minimum atomic E-state index is -3.17. The molecule has 1 atom stereocenters. The van der Waals surface area contributed by atoms with Gasteiger partial charge in [-0.1, -0.05) is 25.7 Å². The summed E-state index contributed by atoms with van der Waals surface area (Å²) in [4.78, 5) is 1.01. The second-order valence-corrected chi connectivity index (χ2v) is 9.17. The quantitative estimate of drug-likeness (QED) is 0.810. The predicted molar refractivity (Wildman–Crippen MR) is 82.0 cm³/mol. The molecule has 0 saturated heterocycles. The number of hydrogen-bond donors (Lipinski definition) is 0. The lowest BCUT2D eigenvalue weighted by Gasteiger charge is -2.08. The molecule has 0 amide bonds. The highest BCUT2D eigenvalue weighted by Crippen LogP contribution is 2.28. The van der Waals surface area contributed by atoms with Gasteiger partial charge in [-0.3, -0.25) is 4.21 Å². The molecular formula is C15H22O3S2. The Hall–Kier alpha value is -0.680. The van der Waals surface area contributed by atoms with Gasteiger partial charge in [0.05, 0.1) is 15.7 Å². The summed E-state index contributed by atoms with van der Waals surface area (Å²) in [5.41, 5.74) is 0. The smallest absolute Gasteiger partial charge is 0.175 e. The monoisotopic (exact) mass is 314 g/mol. The first-order chi connectivity index (χ1) is 9.47. The standard InChI is InChI=1S/C15H22O3S2/c1-20(17,18)15-10-8-14(9-11-15)19(16)12-4-7-13-5-2-3-6-13/h8-11,13H,2-7,12H2,1H3/t19-/m1/s1. The second-order valence-electron chi connectivity index (χ2n) is 5.59. The first-order valence-electron chi connectivity index (χ1n) is 7.15. The van der Waals surface area contributed by atoms with E-state index in [4.69, 9.17) is 0 Å². The van der Waals surface area contributed by atoms with Gasteiger partial charge in [0.1, 0.15) is 0 Å². The van der Waals surface area contributed by atoms with E-state index in [9.17, 15) is 12.6 Å². The third kappa shape index (κ3) is 4.42. The summed E-state index contributed by atoms with van der Waals surface area (Å²) in [5.74, 6) is 1.51. The van der Waals surface area contributed by atoms with E-state index in [0.717, 1.165) is 17.2 Å². The molecule has 0 spiro atoms. The van der Waals surface area contributed by atoms with Crippen LogP contribution in [0.5, 0.6) is 0 Å². The van der Waals surface area contributed by atoms with Gasteiger partial charge in [0, 0.05) is 16.9 Å². The van der Waals surface area contributed by atoms with Gasteiger partial charge >= 0.3 is 0 Å². The Morgan fingerprint density at radius 1 is 1.15 bits per heavy atom. The predicted octanol–water partition coefficient (Wildman–Crippen LogP) is 3.17. The molecule has 1 aromatic rings. The SMILES string of the molecule is CS(=O)(=O)c1ccc([S@](=O)CCCC2CCCC2)cc1. The summed E-state index contributed by atoms with van der Waals surface area (Å²) in [6.07, 6.45) is 8.70.